The zero-order chi connectivity index (χ0) is 22.3. The van der Waals surface area contributed by atoms with E-state index in [1.165, 1.54) is 0 Å². The van der Waals surface area contributed by atoms with Crippen LogP contribution in [0.3, 0.4) is 0 Å². The molecular formula is C16H12N6O6S2. The first kappa shape index (κ1) is 22.3. The maximum Gasteiger partial charge on any atom is 0.270 e. The second-order valence-corrected chi connectivity index (χ2v) is 6.15. The second-order valence-electron chi connectivity index (χ2n) is 5.38. The number of nitrogens with zero attached hydrogens (tertiary/aromatic N) is 4. The fourth-order valence-corrected chi connectivity index (χ4v) is 2.15. The van der Waals surface area contributed by atoms with Crippen molar-refractivity contribution in [3.63, 3.8) is 0 Å². The molecular weight excluding hydrogens is 436 g/mol. The number of nitro groups is 2. The molecule has 0 aliphatic carbocycles. The molecule has 30 heavy (non-hydrogen) atoms. The number of hydrogen-bond acceptors (Lipinski definition) is 8. The van der Waals surface area contributed by atoms with Crippen LogP contribution in [0.2, 0.25) is 0 Å². The van der Waals surface area contributed by atoms with E-state index < -0.39 is 9.85 Å². The van der Waals surface area contributed by atoms with Crippen LogP contribution >= 0.6 is 24.4 Å². The van der Waals surface area contributed by atoms with Gasteiger partial charge in [-0.2, -0.15) is 0 Å². The molecule has 0 amide bonds. The third-order valence-electron chi connectivity index (χ3n) is 3.36. The van der Waals surface area contributed by atoms with E-state index in [1.807, 2.05) is 0 Å². The molecule has 0 atom stereocenters. The Bertz CT molecular complexity index is 1000. The van der Waals surface area contributed by atoms with Crippen LogP contribution in [0.5, 0.6) is 11.5 Å². The van der Waals surface area contributed by atoms with Gasteiger partial charge in [0, 0.05) is 47.8 Å². The summed E-state index contributed by atoms with van der Waals surface area (Å²) in [4.78, 5) is 27.9. The molecule has 0 saturated heterocycles. The number of thiocarbonyl (C=S) groups is 2. The summed E-state index contributed by atoms with van der Waals surface area (Å²) in [6.45, 7) is 0. The monoisotopic (exact) mass is 448 g/mol. The van der Waals surface area contributed by atoms with Crippen LogP contribution in [0.1, 0.15) is 11.1 Å². The lowest BCUT2D eigenvalue weighted by atomic mass is 10.2. The number of hydrazine groups is 1. The van der Waals surface area contributed by atoms with Crippen molar-refractivity contribution in [2.24, 2.45) is 9.98 Å². The van der Waals surface area contributed by atoms with E-state index in [0.29, 0.717) is 0 Å². The van der Waals surface area contributed by atoms with Crippen molar-refractivity contribution in [3.05, 3.63) is 67.8 Å². The normalized spacial score (nSPS) is 10.8. The topological polar surface area (TPSA) is 176 Å². The molecule has 4 N–H and O–H groups in total. The van der Waals surface area contributed by atoms with E-state index in [9.17, 15) is 30.4 Å². The van der Waals surface area contributed by atoms with Crippen LogP contribution in [0.25, 0.3) is 0 Å². The summed E-state index contributed by atoms with van der Waals surface area (Å²) in [6.07, 6.45) is 2.24. The largest absolute Gasteiger partial charge is 0.507 e. The van der Waals surface area contributed by atoms with Crippen LogP contribution in [0.4, 0.5) is 11.4 Å². The highest BCUT2D eigenvalue weighted by atomic mass is 32.1. The zero-order valence-corrected chi connectivity index (χ0v) is 16.4. The molecule has 2 aromatic carbocycles. The number of non-ortho nitro benzene ring substituents is 2. The fourth-order valence-electron chi connectivity index (χ4n) is 1.95. The van der Waals surface area contributed by atoms with Gasteiger partial charge in [0.25, 0.3) is 11.4 Å². The average molecular weight is 448 g/mol. The van der Waals surface area contributed by atoms with Gasteiger partial charge in [-0.15, -0.1) is 0 Å². The molecule has 154 valence electrons. The third-order valence-corrected chi connectivity index (χ3v) is 3.78. The van der Waals surface area contributed by atoms with Gasteiger partial charge in [0.15, 0.2) is 0 Å². The number of nitro benzene ring substituents is 2. The summed E-state index contributed by atoms with van der Waals surface area (Å²) < 4.78 is 0. The Labute approximate surface area is 178 Å². The summed E-state index contributed by atoms with van der Waals surface area (Å²) in [5.41, 5.74) is 4.56. The van der Waals surface area contributed by atoms with E-state index in [0.717, 1.165) is 48.8 Å². The summed E-state index contributed by atoms with van der Waals surface area (Å²) >= 11 is 9.86. The fraction of sp³-hybridized carbons (Fsp3) is 0. The minimum absolute atomic E-state index is 0.0788. The molecule has 0 aliphatic rings. The van der Waals surface area contributed by atoms with E-state index in [-0.39, 0.29) is 44.2 Å². The van der Waals surface area contributed by atoms with Crippen LogP contribution in [0.15, 0.2) is 46.4 Å². The van der Waals surface area contributed by atoms with Crippen molar-refractivity contribution in [1.29, 1.82) is 0 Å². The number of rotatable bonds is 4. The zero-order valence-electron chi connectivity index (χ0n) is 14.8. The lowest BCUT2D eigenvalue weighted by Crippen LogP contribution is -2.38. The molecule has 0 unspecified atom stereocenters. The molecule has 2 aromatic rings. The number of aromatic hydroxyl groups is 2. The Morgan fingerprint density at radius 2 is 1.20 bits per heavy atom. The van der Waals surface area contributed by atoms with Gasteiger partial charge in [0.2, 0.25) is 10.2 Å². The van der Waals surface area contributed by atoms with E-state index in [2.05, 4.69) is 20.8 Å². The smallest absolute Gasteiger partial charge is 0.270 e. The number of benzene rings is 2. The first-order valence-electron chi connectivity index (χ1n) is 7.80. The molecule has 14 heteroatoms. The Balaban J connectivity index is 1.96. The third kappa shape index (κ3) is 6.25. The van der Waals surface area contributed by atoms with Crippen molar-refractivity contribution in [2.75, 3.05) is 0 Å². The summed E-state index contributed by atoms with van der Waals surface area (Å²) in [6, 6.07) is 6.83. The van der Waals surface area contributed by atoms with Crippen LogP contribution < -0.4 is 10.9 Å². The number of nitrogens with one attached hydrogen (secondary N) is 2. The Morgan fingerprint density at radius 1 is 0.833 bits per heavy atom. The summed E-state index contributed by atoms with van der Waals surface area (Å²) in [5.74, 6) is -0.450. The Morgan fingerprint density at radius 3 is 1.53 bits per heavy atom. The number of aliphatic imine (C=N–C) groups is 2. The van der Waals surface area contributed by atoms with Crippen LogP contribution in [0, 0.1) is 20.2 Å². The molecule has 12 nitrogen and oxygen atoms in total. The lowest BCUT2D eigenvalue weighted by molar-refractivity contribution is -0.385. The van der Waals surface area contributed by atoms with Crippen LogP contribution in [-0.2, 0) is 0 Å². The highest BCUT2D eigenvalue weighted by molar-refractivity contribution is 7.80. The quantitative estimate of drug-likeness (QED) is 0.234. The molecule has 0 heterocycles. The first-order chi connectivity index (χ1) is 14.2. The maximum atomic E-state index is 10.8. The first-order valence-corrected chi connectivity index (χ1v) is 8.62. The Kier molecular flexibility index (Phi) is 7.38. The summed E-state index contributed by atoms with van der Waals surface area (Å²) in [7, 11) is 0. The van der Waals surface area contributed by atoms with E-state index >= 15 is 0 Å². The molecule has 0 radical (unpaired) electrons. The predicted molar refractivity (Wildman–Crippen MR) is 116 cm³/mol. The van der Waals surface area contributed by atoms with Gasteiger partial charge in [0.05, 0.1) is 9.85 Å². The van der Waals surface area contributed by atoms with Crippen molar-refractivity contribution in [3.8, 4) is 11.5 Å². The minimum Gasteiger partial charge on any atom is -0.507 e. The van der Waals surface area contributed by atoms with Gasteiger partial charge < -0.3 is 10.2 Å². The van der Waals surface area contributed by atoms with Crippen molar-refractivity contribution in [1.82, 2.24) is 10.9 Å². The molecule has 0 saturated carbocycles. The van der Waals surface area contributed by atoms with Crippen molar-refractivity contribution in [2.45, 2.75) is 0 Å². The van der Waals surface area contributed by atoms with Gasteiger partial charge in [-0.05, 0) is 36.6 Å². The highest BCUT2D eigenvalue weighted by Gasteiger charge is 2.10. The highest BCUT2D eigenvalue weighted by Crippen LogP contribution is 2.22. The molecule has 0 spiro atoms. The number of hydrogen-bond donors (Lipinski definition) is 4. The van der Waals surface area contributed by atoms with Gasteiger partial charge >= 0.3 is 0 Å². The molecule has 0 fully saturated rings. The molecule has 0 aliphatic heterocycles. The van der Waals surface area contributed by atoms with Gasteiger partial charge in [-0.3, -0.25) is 31.1 Å². The molecule has 0 aromatic heterocycles. The standard InChI is InChI=1S/C16H12N6O6S2/c23-13-3-1-11(21(25)26)5-9(13)7-17-15(29)19-20-16(30)18-8-10-6-12(22(27)28)2-4-14(10)24/h1-8,23-24H,(H,19,29)(H,20,30)/b17-7+,18-8+. The average Bonchev–Trinajstić information content (AvgIpc) is 2.70. The van der Waals surface area contributed by atoms with Gasteiger partial charge in [0.1, 0.15) is 11.5 Å². The molecule has 2 rings (SSSR count). The minimum atomic E-state index is -0.621. The van der Waals surface area contributed by atoms with E-state index in [1.54, 1.807) is 0 Å². The van der Waals surface area contributed by atoms with Crippen molar-refractivity contribution < 1.29 is 20.1 Å². The summed E-state index contributed by atoms with van der Waals surface area (Å²) in [5, 5.41) is 40.7. The van der Waals surface area contributed by atoms with Gasteiger partial charge in [-0.25, -0.2) is 9.98 Å². The molecule has 0 bridgehead atoms. The van der Waals surface area contributed by atoms with Crippen LogP contribution in [-0.4, -0.2) is 42.7 Å². The second kappa shape index (κ2) is 9.94. The van der Waals surface area contributed by atoms with Gasteiger partial charge in [-0.1, -0.05) is 0 Å². The van der Waals surface area contributed by atoms with Crippen molar-refractivity contribution >= 4 is 58.5 Å². The SMILES string of the molecule is O=[N+]([O-])c1ccc(O)c(/C=N/C(=S)NNC(=S)/N=C/c2cc([N+](=O)[O-])ccc2O)c1. The Hall–Kier alpha value is -4.04. The van der Waals surface area contributed by atoms with E-state index in [4.69, 9.17) is 24.4 Å². The number of phenolic OH excluding ortho intramolecular Hbond substituents is 2. The maximum absolute atomic E-state index is 10.8. The predicted octanol–water partition coefficient (Wildman–Crippen LogP) is 2.12. The lowest BCUT2D eigenvalue weighted by Gasteiger charge is -2.05. The number of phenols is 2.